The van der Waals surface area contributed by atoms with Gasteiger partial charge in [-0.15, -0.1) is 0 Å². The van der Waals surface area contributed by atoms with Crippen LogP contribution in [0, 0.1) is 5.82 Å². The summed E-state index contributed by atoms with van der Waals surface area (Å²) in [6.07, 6.45) is 1.08. The highest BCUT2D eigenvalue weighted by Gasteiger charge is 2.14. The summed E-state index contributed by atoms with van der Waals surface area (Å²) in [5, 5.41) is 2.60. The van der Waals surface area contributed by atoms with E-state index in [1.54, 1.807) is 18.2 Å². The first kappa shape index (κ1) is 17.7. The van der Waals surface area contributed by atoms with Gasteiger partial charge in [0.25, 0.3) is 5.91 Å². The standard InChI is InChI=1S/C16H17FN2O4S/c1-19(24(3,21)22)13-6-4-5-12(10-13)18-16(20)11-7-8-15(23-2)14(17)9-11/h4-10H,1-3H3,(H,18,20). The van der Waals surface area contributed by atoms with Crippen LogP contribution in [0.3, 0.4) is 0 Å². The van der Waals surface area contributed by atoms with Crippen LogP contribution in [-0.2, 0) is 10.0 Å². The predicted octanol–water partition coefficient (Wildman–Crippen LogP) is 2.48. The van der Waals surface area contributed by atoms with Crippen molar-refractivity contribution < 1.29 is 22.3 Å². The smallest absolute Gasteiger partial charge is 0.255 e. The lowest BCUT2D eigenvalue weighted by Gasteiger charge is -2.17. The minimum atomic E-state index is -3.41. The third-order valence-corrected chi connectivity index (χ3v) is 4.58. The van der Waals surface area contributed by atoms with E-state index in [0.717, 1.165) is 16.6 Å². The van der Waals surface area contributed by atoms with Crippen LogP contribution in [0.4, 0.5) is 15.8 Å². The number of nitrogens with one attached hydrogen (secondary N) is 1. The Morgan fingerprint density at radius 2 is 1.92 bits per heavy atom. The van der Waals surface area contributed by atoms with E-state index in [1.807, 2.05) is 0 Å². The largest absolute Gasteiger partial charge is 0.494 e. The van der Waals surface area contributed by atoms with Crippen LogP contribution in [0.2, 0.25) is 0 Å². The predicted molar refractivity (Wildman–Crippen MR) is 90.6 cm³/mol. The summed E-state index contributed by atoms with van der Waals surface area (Å²) in [7, 11) is -0.662. The van der Waals surface area contributed by atoms with Gasteiger partial charge in [0.15, 0.2) is 11.6 Å². The van der Waals surface area contributed by atoms with E-state index in [2.05, 4.69) is 5.32 Å². The Kier molecular flexibility index (Phi) is 5.08. The summed E-state index contributed by atoms with van der Waals surface area (Å²) in [4.78, 5) is 12.2. The molecule has 2 aromatic rings. The minimum Gasteiger partial charge on any atom is -0.494 e. The van der Waals surface area contributed by atoms with Crippen LogP contribution < -0.4 is 14.4 Å². The van der Waals surface area contributed by atoms with Crippen molar-refractivity contribution in [1.29, 1.82) is 0 Å². The van der Waals surface area contributed by atoms with Crippen LogP contribution in [0.5, 0.6) is 5.75 Å². The van der Waals surface area contributed by atoms with E-state index in [4.69, 9.17) is 4.74 Å². The number of amides is 1. The molecule has 6 nitrogen and oxygen atoms in total. The summed E-state index contributed by atoms with van der Waals surface area (Å²) < 4.78 is 42.7. The van der Waals surface area contributed by atoms with Crippen LogP contribution in [-0.4, -0.2) is 34.7 Å². The molecule has 128 valence electrons. The number of benzene rings is 2. The Balaban J connectivity index is 2.22. The average molecular weight is 352 g/mol. The molecule has 1 amide bonds. The summed E-state index contributed by atoms with van der Waals surface area (Å²) in [6.45, 7) is 0. The average Bonchev–Trinajstić information content (AvgIpc) is 2.53. The fourth-order valence-electron chi connectivity index (χ4n) is 1.98. The Morgan fingerprint density at radius 1 is 1.21 bits per heavy atom. The highest BCUT2D eigenvalue weighted by atomic mass is 32.2. The summed E-state index contributed by atoms with van der Waals surface area (Å²) in [6, 6.07) is 10.2. The van der Waals surface area contributed by atoms with Crippen molar-refractivity contribution >= 4 is 27.3 Å². The summed E-state index contributed by atoms with van der Waals surface area (Å²) in [5.74, 6) is -1.12. The van der Waals surface area contributed by atoms with Gasteiger partial charge >= 0.3 is 0 Å². The third-order valence-electron chi connectivity index (χ3n) is 3.38. The fourth-order valence-corrected chi connectivity index (χ4v) is 2.48. The molecule has 0 aliphatic carbocycles. The highest BCUT2D eigenvalue weighted by molar-refractivity contribution is 7.92. The van der Waals surface area contributed by atoms with E-state index in [1.165, 1.54) is 32.4 Å². The van der Waals surface area contributed by atoms with Gasteiger partial charge in [0.2, 0.25) is 10.0 Å². The number of anilines is 2. The van der Waals surface area contributed by atoms with Crippen molar-refractivity contribution in [3.63, 3.8) is 0 Å². The van der Waals surface area contributed by atoms with Gasteiger partial charge in [0, 0.05) is 18.3 Å². The maximum Gasteiger partial charge on any atom is 0.255 e. The molecule has 0 atom stereocenters. The lowest BCUT2D eigenvalue weighted by atomic mass is 10.2. The van der Waals surface area contributed by atoms with Gasteiger partial charge < -0.3 is 10.1 Å². The van der Waals surface area contributed by atoms with Crippen LogP contribution in [0.1, 0.15) is 10.4 Å². The molecule has 0 heterocycles. The maximum absolute atomic E-state index is 13.7. The van der Waals surface area contributed by atoms with E-state index >= 15 is 0 Å². The molecule has 0 saturated carbocycles. The maximum atomic E-state index is 13.7. The Bertz CT molecular complexity index is 868. The van der Waals surface area contributed by atoms with Crippen LogP contribution in [0.25, 0.3) is 0 Å². The number of halogens is 1. The molecule has 0 unspecified atom stereocenters. The molecule has 0 saturated heterocycles. The highest BCUT2D eigenvalue weighted by Crippen LogP contribution is 2.22. The van der Waals surface area contributed by atoms with Crippen molar-refractivity contribution in [3.05, 3.63) is 53.8 Å². The number of rotatable bonds is 5. The fraction of sp³-hybridized carbons (Fsp3) is 0.188. The van der Waals surface area contributed by atoms with Crippen molar-refractivity contribution in [2.75, 3.05) is 30.0 Å². The molecule has 0 aliphatic rings. The lowest BCUT2D eigenvalue weighted by Crippen LogP contribution is -2.24. The minimum absolute atomic E-state index is 0.0447. The van der Waals surface area contributed by atoms with Crippen molar-refractivity contribution in [1.82, 2.24) is 0 Å². The molecule has 0 aliphatic heterocycles. The molecule has 24 heavy (non-hydrogen) atoms. The molecular weight excluding hydrogens is 335 g/mol. The zero-order valence-corrected chi connectivity index (χ0v) is 14.2. The van der Waals surface area contributed by atoms with Gasteiger partial charge in [0.1, 0.15) is 0 Å². The van der Waals surface area contributed by atoms with Gasteiger partial charge in [-0.05, 0) is 36.4 Å². The van der Waals surface area contributed by atoms with E-state index in [0.29, 0.717) is 11.4 Å². The summed E-state index contributed by atoms with van der Waals surface area (Å²) in [5.41, 5.74) is 0.913. The second-order valence-electron chi connectivity index (χ2n) is 5.08. The number of ether oxygens (including phenoxy) is 1. The number of hydrogen-bond acceptors (Lipinski definition) is 4. The number of sulfonamides is 1. The molecule has 8 heteroatoms. The third kappa shape index (κ3) is 4.02. The van der Waals surface area contributed by atoms with Crippen molar-refractivity contribution in [3.8, 4) is 5.75 Å². The molecule has 0 aromatic heterocycles. The van der Waals surface area contributed by atoms with Crippen LogP contribution in [0.15, 0.2) is 42.5 Å². The number of carbonyl (C=O) groups excluding carboxylic acids is 1. The molecule has 1 N–H and O–H groups in total. The molecule has 0 spiro atoms. The molecule has 0 fully saturated rings. The topological polar surface area (TPSA) is 75.7 Å². The van der Waals surface area contributed by atoms with Gasteiger partial charge in [-0.25, -0.2) is 12.8 Å². The van der Waals surface area contributed by atoms with Gasteiger partial charge in [-0.2, -0.15) is 0 Å². The number of carbonyl (C=O) groups is 1. The lowest BCUT2D eigenvalue weighted by molar-refractivity contribution is 0.102. The van der Waals surface area contributed by atoms with E-state index in [9.17, 15) is 17.6 Å². The molecule has 0 bridgehead atoms. The van der Waals surface area contributed by atoms with Gasteiger partial charge in [-0.1, -0.05) is 6.07 Å². The molecular formula is C16H17FN2O4S. The number of hydrogen-bond donors (Lipinski definition) is 1. The quantitative estimate of drug-likeness (QED) is 0.897. The number of methoxy groups -OCH3 is 1. The first-order valence-electron chi connectivity index (χ1n) is 6.91. The zero-order chi connectivity index (χ0) is 17.9. The molecule has 2 aromatic carbocycles. The van der Waals surface area contributed by atoms with Crippen molar-refractivity contribution in [2.45, 2.75) is 0 Å². The second-order valence-corrected chi connectivity index (χ2v) is 7.10. The Morgan fingerprint density at radius 3 is 2.50 bits per heavy atom. The van der Waals surface area contributed by atoms with Gasteiger partial charge in [0.05, 0.1) is 19.1 Å². The SMILES string of the molecule is COc1ccc(C(=O)Nc2cccc(N(C)S(C)(=O)=O)c2)cc1F. The van der Waals surface area contributed by atoms with Gasteiger partial charge in [-0.3, -0.25) is 9.10 Å². The van der Waals surface area contributed by atoms with E-state index < -0.39 is 21.7 Å². The normalized spacial score (nSPS) is 11.0. The first-order chi connectivity index (χ1) is 11.2. The zero-order valence-electron chi connectivity index (χ0n) is 13.4. The van der Waals surface area contributed by atoms with Crippen molar-refractivity contribution in [2.24, 2.45) is 0 Å². The van der Waals surface area contributed by atoms with E-state index in [-0.39, 0.29) is 11.3 Å². The first-order valence-corrected chi connectivity index (χ1v) is 8.76. The Hall–Kier alpha value is -2.61. The summed E-state index contributed by atoms with van der Waals surface area (Å²) >= 11 is 0. The Labute approximate surface area is 139 Å². The monoisotopic (exact) mass is 352 g/mol. The molecule has 2 rings (SSSR count). The van der Waals surface area contributed by atoms with Crippen LogP contribution >= 0.6 is 0 Å². The molecule has 0 radical (unpaired) electrons. The number of nitrogens with zero attached hydrogens (tertiary/aromatic N) is 1. The second kappa shape index (κ2) is 6.88.